The fourth-order valence-electron chi connectivity index (χ4n) is 1.03. The summed E-state index contributed by atoms with van der Waals surface area (Å²) in [5, 5.41) is -0.937. The van der Waals surface area contributed by atoms with Crippen molar-refractivity contribution in [3.05, 3.63) is 0 Å². The van der Waals surface area contributed by atoms with Gasteiger partial charge in [-0.25, -0.2) is 8.42 Å². The Balaban J connectivity index is 0. The predicted molar refractivity (Wildman–Crippen MR) is 53.2 cm³/mol. The fourth-order valence-corrected chi connectivity index (χ4v) is 1.80. The van der Waals surface area contributed by atoms with Crippen LogP contribution < -0.4 is 40.4 Å². The number of nitrogens with one attached hydrogen (secondary N) is 2. The van der Waals surface area contributed by atoms with Crippen molar-refractivity contribution >= 4 is 21.9 Å². The first-order valence-electron chi connectivity index (χ1n) is 4.46. The zero-order chi connectivity index (χ0) is 12.9. The molecule has 17 heavy (non-hydrogen) atoms. The van der Waals surface area contributed by atoms with Crippen LogP contribution in [-0.2, 0) is 19.7 Å². The molecule has 10 heteroatoms. The second-order valence-corrected chi connectivity index (χ2v) is 4.59. The molecule has 2 N–H and O–H groups in total. The van der Waals surface area contributed by atoms with Gasteiger partial charge in [0, 0.05) is 13.8 Å². The second kappa shape index (κ2) is 8.01. The standard InChI is InChI=1S/C7H15N3O5S.Na/c1-4-7(16(13,14)15)10(8-5(2)11)9-6(3)12;/h7H,4H2,1-3H3,(H,8,11)(H,9,12)(H,13,14,15);/q;+1/p-1. The molecule has 0 fully saturated rings. The van der Waals surface area contributed by atoms with E-state index >= 15 is 0 Å². The van der Waals surface area contributed by atoms with Crippen molar-refractivity contribution in [1.29, 1.82) is 0 Å². The number of amides is 2. The van der Waals surface area contributed by atoms with E-state index in [-0.39, 0.29) is 36.0 Å². The summed E-state index contributed by atoms with van der Waals surface area (Å²) >= 11 is 0. The van der Waals surface area contributed by atoms with Crippen LogP contribution in [0.3, 0.4) is 0 Å². The van der Waals surface area contributed by atoms with E-state index in [0.717, 1.165) is 13.8 Å². The number of hydrazine groups is 2. The number of carbonyl (C=O) groups is 2. The Hall–Kier alpha value is -0.190. The molecule has 0 saturated heterocycles. The number of rotatable bonds is 5. The Morgan fingerprint density at radius 2 is 1.59 bits per heavy atom. The van der Waals surface area contributed by atoms with E-state index in [1.54, 1.807) is 0 Å². The Labute approximate surface area is 122 Å². The molecule has 0 bridgehead atoms. The summed E-state index contributed by atoms with van der Waals surface area (Å²) in [5.41, 5.74) is 4.10. The Morgan fingerprint density at radius 1 is 1.24 bits per heavy atom. The van der Waals surface area contributed by atoms with Crippen LogP contribution in [0.15, 0.2) is 0 Å². The van der Waals surface area contributed by atoms with Gasteiger partial charge in [0.1, 0.15) is 15.5 Å². The largest absolute Gasteiger partial charge is 1.00 e. The topological polar surface area (TPSA) is 119 Å². The molecule has 0 saturated carbocycles. The number of hydrogen-bond donors (Lipinski definition) is 2. The summed E-state index contributed by atoms with van der Waals surface area (Å²) in [6, 6.07) is 0. The molecule has 94 valence electrons. The maximum absolute atomic E-state index is 10.9. The molecule has 0 aromatic carbocycles. The monoisotopic (exact) mass is 275 g/mol. The SMILES string of the molecule is CCC(N(NC(C)=O)NC(C)=O)S(=O)(=O)[O-].[Na+]. The van der Waals surface area contributed by atoms with Crippen LogP contribution in [0.1, 0.15) is 27.2 Å². The van der Waals surface area contributed by atoms with Crippen LogP contribution in [0.4, 0.5) is 0 Å². The molecule has 0 heterocycles. The van der Waals surface area contributed by atoms with Crippen molar-refractivity contribution < 1.29 is 52.1 Å². The molecule has 0 spiro atoms. The van der Waals surface area contributed by atoms with E-state index in [2.05, 4.69) is 10.9 Å². The maximum atomic E-state index is 10.9. The van der Waals surface area contributed by atoms with E-state index in [4.69, 9.17) is 0 Å². The first-order valence-corrected chi connectivity index (χ1v) is 5.94. The molecule has 1 atom stereocenters. The van der Waals surface area contributed by atoms with Gasteiger partial charge >= 0.3 is 29.6 Å². The Morgan fingerprint density at radius 3 is 1.76 bits per heavy atom. The Bertz CT molecular complexity index is 356. The third-order valence-corrected chi connectivity index (χ3v) is 2.74. The minimum Gasteiger partial charge on any atom is -0.747 e. The van der Waals surface area contributed by atoms with Gasteiger partial charge < -0.3 is 4.55 Å². The van der Waals surface area contributed by atoms with Crippen LogP contribution in [0.2, 0.25) is 0 Å². The summed E-state index contributed by atoms with van der Waals surface area (Å²) in [6.45, 7) is 3.69. The molecule has 2 amide bonds. The zero-order valence-electron chi connectivity index (χ0n) is 10.2. The van der Waals surface area contributed by atoms with Crippen LogP contribution >= 0.6 is 0 Å². The van der Waals surface area contributed by atoms with Crippen LogP contribution in [-0.4, -0.2) is 35.3 Å². The zero-order valence-corrected chi connectivity index (χ0v) is 13.0. The van der Waals surface area contributed by atoms with E-state index in [9.17, 15) is 22.6 Å². The van der Waals surface area contributed by atoms with Gasteiger partial charge in [-0.1, -0.05) is 6.92 Å². The average molecular weight is 275 g/mol. The summed E-state index contributed by atoms with van der Waals surface area (Å²) in [5.74, 6) is -1.20. The summed E-state index contributed by atoms with van der Waals surface area (Å²) in [6.07, 6.45) is -0.0770. The molecule has 0 aliphatic carbocycles. The molecule has 8 nitrogen and oxygen atoms in total. The fraction of sp³-hybridized carbons (Fsp3) is 0.714. The smallest absolute Gasteiger partial charge is 0.747 e. The van der Waals surface area contributed by atoms with Crippen molar-refractivity contribution in [2.24, 2.45) is 0 Å². The number of carbonyl (C=O) groups excluding carboxylic acids is 2. The normalized spacial score (nSPS) is 12.5. The molecular formula is C7H14N3NaO5S. The minimum absolute atomic E-state index is 0. The van der Waals surface area contributed by atoms with Gasteiger partial charge in [0.05, 0.1) is 0 Å². The van der Waals surface area contributed by atoms with E-state index in [1.165, 1.54) is 6.92 Å². The molecule has 1 unspecified atom stereocenters. The first-order chi connectivity index (χ1) is 7.18. The molecule has 0 aliphatic heterocycles. The van der Waals surface area contributed by atoms with Crippen molar-refractivity contribution in [1.82, 2.24) is 16.0 Å². The second-order valence-electron chi connectivity index (χ2n) is 3.06. The van der Waals surface area contributed by atoms with E-state index in [1.807, 2.05) is 0 Å². The Kier molecular flexibility index (Phi) is 9.02. The van der Waals surface area contributed by atoms with Crippen LogP contribution in [0.25, 0.3) is 0 Å². The van der Waals surface area contributed by atoms with Gasteiger partial charge in [-0.2, -0.15) is 0 Å². The summed E-state index contributed by atoms with van der Waals surface area (Å²) in [7, 11) is -4.66. The van der Waals surface area contributed by atoms with Crippen molar-refractivity contribution in [3.8, 4) is 0 Å². The van der Waals surface area contributed by atoms with Crippen molar-refractivity contribution in [2.75, 3.05) is 0 Å². The molecule has 0 aromatic heterocycles. The first kappa shape index (κ1) is 19.2. The van der Waals surface area contributed by atoms with Gasteiger partial charge in [-0.3, -0.25) is 20.4 Å². The van der Waals surface area contributed by atoms with Crippen molar-refractivity contribution in [3.63, 3.8) is 0 Å². The van der Waals surface area contributed by atoms with Crippen LogP contribution in [0.5, 0.6) is 0 Å². The molecule has 0 rings (SSSR count). The van der Waals surface area contributed by atoms with Gasteiger partial charge in [0.15, 0.2) is 0 Å². The van der Waals surface area contributed by atoms with Crippen molar-refractivity contribution in [2.45, 2.75) is 32.6 Å². The average Bonchev–Trinajstić information content (AvgIpc) is 1.99. The summed E-state index contributed by atoms with van der Waals surface area (Å²) in [4.78, 5) is 21.6. The molecule has 0 aromatic rings. The molecular weight excluding hydrogens is 261 g/mol. The van der Waals surface area contributed by atoms with Crippen LogP contribution in [0, 0.1) is 0 Å². The summed E-state index contributed by atoms with van der Waals surface area (Å²) < 4.78 is 32.6. The third kappa shape index (κ3) is 7.68. The maximum Gasteiger partial charge on any atom is 1.00 e. The van der Waals surface area contributed by atoms with E-state index in [0.29, 0.717) is 5.12 Å². The van der Waals surface area contributed by atoms with Gasteiger partial charge in [-0.15, -0.1) is 5.12 Å². The van der Waals surface area contributed by atoms with Gasteiger partial charge in [-0.05, 0) is 6.42 Å². The van der Waals surface area contributed by atoms with Gasteiger partial charge in [0.25, 0.3) is 0 Å². The van der Waals surface area contributed by atoms with Gasteiger partial charge in [0.2, 0.25) is 11.8 Å². The number of nitrogens with zero attached hydrogens (tertiary/aromatic N) is 1. The minimum atomic E-state index is -4.66. The third-order valence-electron chi connectivity index (χ3n) is 1.53. The number of hydrogen-bond acceptors (Lipinski definition) is 6. The molecule has 0 radical (unpaired) electrons. The van der Waals surface area contributed by atoms with E-state index < -0.39 is 27.3 Å². The molecule has 0 aliphatic rings. The predicted octanol–water partition coefficient (Wildman–Crippen LogP) is -4.32. The quantitative estimate of drug-likeness (QED) is 0.297.